The third-order valence-electron chi connectivity index (χ3n) is 7.88. The largest absolute Gasteiger partial charge is 0.453 e. The zero-order valence-corrected chi connectivity index (χ0v) is 27.2. The molecule has 0 saturated heterocycles. The van der Waals surface area contributed by atoms with Crippen LogP contribution >= 0.6 is 11.6 Å². The summed E-state index contributed by atoms with van der Waals surface area (Å²) in [6.45, 7) is 5.77. The van der Waals surface area contributed by atoms with Crippen molar-refractivity contribution >= 4 is 29.3 Å². The van der Waals surface area contributed by atoms with Crippen LogP contribution in [0.3, 0.4) is 0 Å². The summed E-state index contributed by atoms with van der Waals surface area (Å²) in [5, 5.41) is 14.5. The van der Waals surface area contributed by atoms with Gasteiger partial charge in [0.25, 0.3) is 0 Å². The summed E-state index contributed by atoms with van der Waals surface area (Å²) in [5.41, 5.74) is 3.78. The quantitative estimate of drug-likeness (QED) is 0.115. The summed E-state index contributed by atoms with van der Waals surface area (Å²) >= 11 is 6.07. The highest BCUT2D eigenvalue weighted by molar-refractivity contribution is 6.30. The van der Waals surface area contributed by atoms with Crippen molar-refractivity contribution in [2.24, 2.45) is 0 Å². The molecule has 0 radical (unpaired) electrons. The smallest absolute Gasteiger partial charge is 0.452 e. The van der Waals surface area contributed by atoms with Crippen LogP contribution in [-0.2, 0) is 35.0 Å². The van der Waals surface area contributed by atoms with Gasteiger partial charge in [0.05, 0.1) is 6.10 Å². The molecule has 0 fully saturated rings. The number of hydrogen-bond donors (Lipinski definition) is 2. The predicted octanol–water partition coefficient (Wildman–Crippen LogP) is 7.24. The fraction of sp³-hybridized carbons (Fsp3) is 0.263. The van der Waals surface area contributed by atoms with Gasteiger partial charge in [-0.05, 0) is 67.6 Å². The molecule has 1 aliphatic rings. The van der Waals surface area contributed by atoms with Gasteiger partial charge in [-0.1, -0.05) is 103 Å². The predicted molar refractivity (Wildman–Crippen MR) is 179 cm³/mol. The van der Waals surface area contributed by atoms with E-state index in [0.717, 1.165) is 22.3 Å². The van der Waals surface area contributed by atoms with Gasteiger partial charge < -0.3 is 29.4 Å². The van der Waals surface area contributed by atoms with Crippen LogP contribution in [0.1, 0.15) is 66.9 Å². The number of carbonyl (C=O) groups excluding carboxylic acids is 2. The lowest BCUT2D eigenvalue weighted by atomic mass is 10.0. The number of halogens is 1. The maximum absolute atomic E-state index is 13.7. The molecule has 0 saturated carbocycles. The van der Waals surface area contributed by atoms with E-state index in [9.17, 15) is 14.7 Å². The van der Waals surface area contributed by atoms with Crippen LogP contribution in [0, 0.1) is 0 Å². The molecule has 47 heavy (non-hydrogen) atoms. The van der Waals surface area contributed by atoms with Crippen LogP contribution < -0.4 is 5.32 Å². The standard InChI is InChI=1S/C38H38ClNO7/c1-25(40-23-34(41)31-17-11-19-33(39)22-31)20-28-12-10-18-32(21-28)35-24-44-38(47-35,36(42)45-26(2)29-13-6-4-7-14-29)37(43)46-27(3)30-15-8-5-9-16-30/h4-19,21-22,24-27,34,40-41H,20,23H2,1-3H3. The van der Waals surface area contributed by atoms with E-state index >= 15 is 0 Å². The first-order chi connectivity index (χ1) is 22.6. The number of esters is 2. The number of hydrogen-bond acceptors (Lipinski definition) is 8. The SMILES string of the molecule is CC(Cc1cccc(C2=COC(C(=O)OC(C)c3ccccc3)(C(=O)OC(C)c3ccccc3)O2)c1)NCC(O)c1cccc(Cl)c1. The molecule has 0 amide bonds. The maximum Gasteiger partial charge on any atom is 0.453 e. The minimum atomic E-state index is -2.50. The normalized spacial score (nSPS) is 18.1. The lowest BCUT2D eigenvalue weighted by Gasteiger charge is -2.27. The molecule has 4 aromatic rings. The molecule has 2 N–H and O–H groups in total. The molecule has 4 atom stereocenters. The van der Waals surface area contributed by atoms with Gasteiger partial charge in [-0.15, -0.1) is 0 Å². The van der Waals surface area contributed by atoms with E-state index in [0.29, 0.717) is 23.6 Å². The van der Waals surface area contributed by atoms with Gasteiger partial charge in [0, 0.05) is 23.2 Å². The molecule has 9 heteroatoms. The minimum Gasteiger partial charge on any atom is -0.452 e. The van der Waals surface area contributed by atoms with E-state index in [1.165, 1.54) is 6.26 Å². The summed E-state index contributed by atoms with van der Waals surface area (Å²) in [7, 11) is 0. The number of carbonyl (C=O) groups is 2. The Morgan fingerprint density at radius 3 is 1.96 bits per heavy atom. The molecule has 0 spiro atoms. The number of rotatable bonds is 13. The summed E-state index contributed by atoms with van der Waals surface area (Å²) in [4.78, 5) is 27.4. The van der Waals surface area contributed by atoms with Gasteiger partial charge in [-0.2, -0.15) is 0 Å². The zero-order chi connectivity index (χ0) is 33.4. The number of benzene rings is 4. The minimum absolute atomic E-state index is 0.0109. The summed E-state index contributed by atoms with van der Waals surface area (Å²) in [5.74, 6) is -4.38. The Balaban J connectivity index is 1.29. The van der Waals surface area contributed by atoms with Crippen LogP contribution in [-0.4, -0.2) is 35.4 Å². The molecule has 5 rings (SSSR count). The van der Waals surface area contributed by atoms with Gasteiger partial charge in [0.2, 0.25) is 0 Å². The lowest BCUT2D eigenvalue weighted by Crippen LogP contribution is -2.50. The monoisotopic (exact) mass is 655 g/mol. The topological polar surface area (TPSA) is 103 Å². The van der Waals surface area contributed by atoms with E-state index in [4.69, 9.17) is 30.5 Å². The molecule has 0 aromatic heterocycles. The number of ether oxygens (including phenoxy) is 4. The highest BCUT2D eigenvalue weighted by atomic mass is 35.5. The molecule has 244 valence electrons. The molecular weight excluding hydrogens is 618 g/mol. The zero-order valence-electron chi connectivity index (χ0n) is 26.5. The van der Waals surface area contributed by atoms with Crippen LogP contribution in [0.15, 0.2) is 115 Å². The Morgan fingerprint density at radius 2 is 1.36 bits per heavy atom. The van der Waals surface area contributed by atoms with Gasteiger partial charge in [-0.3, -0.25) is 0 Å². The Bertz CT molecular complexity index is 1640. The number of aliphatic hydroxyl groups excluding tert-OH is 1. The van der Waals surface area contributed by atoms with Crippen molar-refractivity contribution in [3.63, 3.8) is 0 Å². The van der Waals surface area contributed by atoms with Crippen LogP contribution in [0.4, 0.5) is 0 Å². The van der Waals surface area contributed by atoms with E-state index in [2.05, 4.69) is 5.32 Å². The van der Waals surface area contributed by atoms with Crippen molar-refractivity contribution in [1.82, 2.24) is 5.32 Å². The van der Waals surface area contributed by atoms with Crippen molar-refractivity contribution in [3.05, 3.63) is 148 Å². The molecular formula is C38H38ClNO7. The Hall–Kier alpha value is -4.63. The average Bonchev–Trinajstić information content (AvgIpc) is 3.55. The first kappa shape index (κ1) is 33.7. The third kappa shape index (κ3) is 8.40. The highest BCUT2D eigenvalue weighted by Crippen LogP contribution is 2.37. The van der Waals surface area contributed by atoms with Crippen molar-refractivity contribution in [2.75, 3.05) is 6.54 Å². The fourth-order valence-corrected chi connectivity index (χ4v) is 5.41. The van der Waals surface area contributed by atoms with Crippen molar-refractivity contribution in [1.29, 1.82) is 0 Å². The molecule has 1 aliphatic heterocycles. The fourth-order valence-electron chi connectivity index (χ4n) is 5.21. The van der Waals surface area contributed by atoms with E-state index < -0.39 is 36.0 Å². The third-order valence-corrected chi connectivity index (χ3v) is 8.11. The van der Waals surface area contributed by atoms with Crippen molar-refractivity contribution in [2.45, 2.75) is 57.3 Å². The maximum atomic E-state index is 13.7. The molecule has 4 aromatic carbocycles. The second kappa shape index (κ2) is 15.3. The Labute approximate surface area is 279 Å². The number of nitrogens with one attached hydrogen (secondary N) is 1. The summed E-state index contributed by atoms with van der Waals surface area (Å²) in [6.07, 6.45) is -0.219. The second-order valence-corrected chi connectivity index (χ2v) is 12.0. The molecule has 4 unspecified atom stereocenters. The Morgan fingerprint density at radius 1 is 0.787 bits per heavy atom. The Kier molecular flexibility index (Phi) is 11.0. The van der Waals surface area contributed by atoms with Gasteiger partial charge in [-0.25, -0.2) is 9.59 Å². The first-order valence-electron chi connectivity index (χ1n) is 15.5. The summed E-state index contributed by atoms with van der Waals surface area (Å²) in [6, 6.07) is 33.0. The number of aliphatic hydroxyl groups is 1. The van der Waals surface area contributed by atoms with Gasteiger partial charge in [0.15, 0.2) is 5.76 Å². The second-order valence-electron chi connectivity index (χ2n) is 11.5. The molecule has 0 bridgehead atoms. The van der Waals surface area contributed by atoms with E-state index in [-0.39, 0.29) is 11.8 Å². The van der Waals surface area contributed by atoms with Crippen molar-refractivity contribution < 1.29 is 33.6 Å². The van der Waals surface area contributed by atoms with Crippen LogP contribution in [0.25, 0.3) is 5.76 Å². The van der Waals surface area contributed by atoms with Crippen LogP contribution in [0.5, 0.6) is 0 Å². The summed E-state index contributed by atoms with van der Waals surface area (Å²) < 4.78 is 23.3. The van der Waals surface area contributed by atoms with Crippen molar-refractivity contribution in [3.8, 4) is 0 Å². The van der Waals surface area contributed by atoms with Crippen LogP contribution in [0.2, 0.25) is 5.02 Å². The van der Waals surface area contributed by atoms with Gasteiger partial charge >= 0.3 is 17.7 Å². The highest BCUT2D eigenvalue weighted by Gasteiger charge is 2.59. The average molecular weight is 656 g/mol. The molecule has 0 aliphatic carbocycles. The molecule has 1 heterocycles. The van der Waals surface area contributed by atoms with E-state index in [1.807, 2.05) is 91.9 Å². The first-order valence-corrected chi connectivity index (χ1v) is 15.9. The van der Waals surface area contributed by atoms with E-state index in [1.54, 1.807) is 38.1 Å². The lowest BCUT2D eigenvalue weighted by molar-refractivity contribution is -0.221. The molecule has 8 nitrogen and oxygen atoms in total. The van der Waals surface area contributed by atoms with Gasteiger partial charge in [0.1, 0.15) is 18.5 Å².